The van der Waals surface area contributed by atoms with Crippen molar-refractivity contribution in [1.29, 1.82) is 0 Å². The maximum absolute atomic E-state index is 5.97. The number of benzene rings is 1. The van der Waals surface area contributed by atoms with E-state index in [1.54, 1.807) is 6.20 Å². The molecule has 0 saturated heterocycles. The van der Waals surface area contributed by atoms with Crippen molar-refractivity contribution in [2.45, 2.75) is 26.3 Å². The molecule has 0 aliphatic carbocycles. The van der Waals surface area contributed by atoms with Gasteiger partial charge < -0.3 is 15.8 Å². The molecule has 0 aliphatic heterocycles. The summed E-state index contributed by atoms with van der Waals surface area (Å²) in [6.07, 6.45) is 5.77. The van der Waals surface area contributed by atoms with Crippen LogP contribution in [0.5, 0.6) is 5.75 Å². The molecule has 0 radical (unpaired) electrons. The Hall–Kier alpha value is -2.07. The molecular weight excluding hydrogens is 262 g/mol. The van der Waals surface area contributed by atoms with E-state index in [0.29, 0.717) is 6.61 Å². The Labute approximate surface area is 126 Å². The molecule has 2 rings (SSSR count). The number of pyridine rings is 1. The Morgan fingerprint density at radius 1 is 1.24 bits per heavy atom. The van der Waals surface area contributed by atoms with Crippen molar-refractivity contribution in [3.63, 3.8) is 0 Å². The lowest BCUT2D eigenvalue weighted by Gasteiger charge is -2.09. The number of nitrogens with two attached hydrogens (primary N) is 1. The van der Waals surface area contributed by atoms with E-state index in [0.717, 1.165) is 37.4 Å². The van der Waals surface area contributed by atoms with Crippen molar-refractivity contribution in [1.82, 2.24) is 10.3 Å². The second-order valence-electron chi connectivity index (χ2n) is 4.95. The molecule has 2 aromatic rings. The molecule has 3 N–H and O–H groups in total. The molecule has 0 bridgehead atoms. The van der Waals surface area contributed by atoms with Gasteiger partial charge in [0.2, 0.25) is 0 Å². The molecule has 0 unspecified atom stereocenters. The zero-order chi connectivity index (χ0) is 14.9. The van der Waals surface area contributed by atoms with Gasteiger partial charge in [-0.3, -0.25) is 4.98 Å². The maximum atomic E-state index is 5.97. The lowest BCUT2D eigenvalue weighted by atomic mass is 10.1. The molecular formula is C17H23N3O. The largest absolute Gasteiger partial charge is 0.492 e. The van der Waals surface area contributed by atoms with E-state index in [9.17, 15) is 0 Å². The molecule has 1 heterocycles. The van der Waals surface area contributed by atoms with Gasteiger partial charge in [0.1, 0.15) is 5.75 Å². The Morgan fingerprint density at radius 2 is 2.14 bits per heavy atom. The van der Waals surface area contributed by atoms with E-state index in [4.69, 9.17) is 10.5 Å². The fraction of sp³-hybridized carbons (Fsp3) is 0.353. The van der Waals surface area contributed by atoms with E-state index in [-0.39, 0.29) is 0 Å². The molecule has 0 atom stereocenters. The average Bonchev–Trinajstić information content (AvgIpc) is 2.51. The van der Waals surface area contributed by atoms with Gasteiger partial charge in [0, 0.05) is 18.9 Å². The summed E-state index contributed by atoms with van der Waals surface area (Å²) >= 11 is 0. The first-order chi connectivity index (χ1) is 10.3. The highest BCUT2D eigenvalue weighted by molar-refractivity contribution is 5.54. The van der Waals surface area contributed by atoms with Gasteiger partial charge in [0.25, 0.3) is 0 Å². The first-order valence-electron chi connectivity index (χ1n) is 7.40. The van der Waals surface area contributed by atoms with Crippen molar-refractivity contribution in [3.05, 3.63) is 53.9 Å². The summed E-state index contributed by atoms with van der Waals surface area (Å²) in [5.41, 5.74) is 9.15. The number of ether oxygens (including phenoxy) is 1. The average molecular weight is 285 g/mol. The van der Waals surface area contributed by atoms with Gasteiger partial charge in [-0.15, -0.1) is 0 Å². The summed E-state index contributed by atoms with van der Waals surface area (Å²) in [4.78, 5) is 4.10. The van der Waals surface area contributed by atoms with Gasteiger partial charge in [-0.2, -0.15) is 0 Å². The van der Waals surface area contributed by atoms with Crippen LogP contribution in [0.15, 0.2) is 42.7 Å². The molecule has 4 nitrogen and oxygen atoms in total. The quantitative estimate of drug-likeness (QED) is 0.578. The minimum Gasteiger partial charge on any atom is -0.492 e. The molecule has 1 aromatic heterocycles. The molecule has 1 aromatic carbocycles. The predicted octanol–water partition coefficient (Wildman–Crippen LogP) is 2.78. The SMILES string of the molecule is CCOc1ccc(CCCNCc2cccnc2)cc1N. The summed E-state index contributed by atoms with van der Waals surface area (Å²) < 4.78 is 5.44. The number of rotatable bonds is 8. The topological polar surface area (TPSA) is 60.2 Å². The zero-order valence-electron chi connectivity index (χ0n) is 12.5. The van der Waals surface area contributed by atoms with Crippen LogP contribution in [0.1, 0.15) is 24.5 Å². The van der Waals surface area contributed by atoms with Crippen LogP contribution < -0.4 is 15.8 Å². The third-order valence-corrected chi connectivity index (χ3v) is 3.24. The van der Waals surface area contributed by atoms with Crippen molar-refractivity contribution in [3.8, 4) is 5.75 Å². The smallest absolute Gasteiger partial charge is 0.142 e. The number of hydrogen-bond acceptors (Lipinski definition) is 4. The number of aryl methyl sites for hydroxylation is 1. The Bertz CT molecular complexity index is 543. The number of nitrogens with zero attached hydrogens (tertiary/aromatic N) is 1. The number of nitrogens with one attached hydrogen (secondary N) is 1. The summed E-state index contributed by atoms with van der Waals surface area (Å²) in [6.45, 7) is 4.43. The normalized spacial score (nSPS) is 10.5. The summed E-state index contributed by atoms with van der Waals surface area (Å²) in [5, 5.41) is 3.42. The van der Waals surface area contributed by atoms with Gasteiger partial charge in [-0.25, -0.2) is 0 Å². The van der Waals surface area contributed by atoms with Gasteiger partial charge in [-0.05, 0) is 55.6 Å². The zero-order valence-corrected chi connectivity index (χ0v) is 12.5. The van der Waals surface area contributed by atoms with Gasteiger partial charge >= 0.3 is 0 Å². The lowest BCUT2D eigenvalue weighted by Crippen LogP contribution is -2.15. The van der Waals surface area contributed by atoms with Crippen LogP contribution in [-0.2, 0) is 13.0 Å². The van der Waals surface area contributed by atoms with Crippen molar-refractivity contribution < 1.29 is 4.74 Å². The van der Waals surface area contributed by atoms with E-state index >= 15 is 0 Å². The van der Waals surface area contributed by atoms with Gasteiger partial charge in [-0.1, -0.05) is 12.1 Å². The molecule has 0 fully saturated rings. The summed E-state index contributed by atoms with van der Waals surface area (Å²) in [7, 11) is 0. The number of nitrogen functional groups attached to an aromatic ring is 1. The van der Waals surface area contributed by atoms with Crippen LogP contribution in [0.4, 0.5) is 5.69 Å². The third-order valence-electron chi connectivity index (χ3n) is 3.24. The minimum atomic E-state index is 0.641. The third kappa shape index (κ3) is 5.08. The summed E-state index contributed by atoms with van der Waals surface area (Å²) in [5.74, 6) is 0.774. The molecule has 4 heteroatoms. The van der Waals surface area contributed by atoms with Crippen LogP contribution in [0.25, 0.3) is 0 Å². The number of hydrogen-bond donors (Lipinski definition) is 2. The molecule has 0 saturated carbocycles. The van der Waals surface area contributed by atoms with Crippen LogP contribution in [-0.4, -0.2) is 18.1 Å². The second-order valence-corrected chi connectivity index (χ2v) is 4.95. The highest BCUT2D eigenvalue weighted by Crippen LogP contribution is 2.22. The predicted molar refractivity (Wildman–Crippen MR) is 86.3 cm³/mol. The minimum absolute atomic E-state index is 0.641. The highest BCUT2D eigenvalue weighted by atomic mass is 16.5. The molecule has 0 amide bonds. The first kappa shape index (κ1) is 15.3. The van der Waals surface area contributed by atoms with Crippen LogP contribution in [0.2, 0.25) is 0 Å². The maximum Gasteiger partial charge on any atom is 0.142 e. The van der Waals surface area contributed by atoms with Gasteiger partial charge in [0.15, 0.2) is 0 Å². The first-order valence-corrected chi connectivity index (χ1v) is 7.40. The fourth-order valence-electron chi connectivity index (χ4n) is 2.19. The lowest BCUT2D eigenvalue weighted by molar-refractivity contribution is 0.342. The molecule has 0 spiro atoms. The Morgan fingerprint density at radius 3 is 2.86 bits per heavy atom. The van der Waals surface area contributed by atoms with Crippen molar-refractivity contribution in [2.24, 2.45) is 0 Å². The highest BCUT2D eigenvalue weighted by Gasteiger charge is 2.01. The number of aromatic nitrogens is 1. The van der Waals surface area contributed by atoms with Gasteiger partial charge in [0.05, 0.1) is 12.3 Å². The Balaban J connectivity index is 1.70. The number of anilines is 1. The van der Waals surface area contributed by atoms with E-state index in [2.05, 4.69) is 22.4 Å². The standard InChI is InChI=1S/C17H23N3O/c1-2-21-17-8-7-14(11-16(17)18)5-3-9-19-12-15-6-4-10-20-13-15/h4,6-8,10-11,13,19H,2-3,5,9,12,18H2,1H3. The summed E-state index contributed by atoms with van der Waals surface area (Å²) in [6, 6.07) is 10.1. The monoisotopic (exact) mass is 285 g/mol. The Kier molecular flexibility index (Phi) is 6.03. The second kappa shape index (κ2) is 8.27. The molecule has 21 heavy (non-hydrogen) atoms. The molecule has 0 aliphatic rings. The van der Waals surface area contributed by atoms with E-state index < -0.39 is 0 Å². The van der Waals surface area contributed by atoms with E-state index in [1.165, 1.54) is 11.1 Å². The van der Waals surface area contributed by atoms with E-state index in [1.807, 2.05) is 31.3 Å². The van der Waals surface area contributed by atoms with Crippen LogP contribution in [0.3, 0.4) is 0 Å². The van der Waals surface area contributed by atoms with Crippen LogP contribution in [0, 0.1) is 0 Å². The van der Waals surface area contributed by atoms with Crippen LogP contribution >= 0.6 is 0 Å². The van der Waals surface area contributed by atoms with Crippen molar-refractivity contribution in [2.75, 3.05) is 18.9 Å². The molecule has 112 valence electrons. The fourth-order valence-corrected chi connectivity index (χ4v) is 2.19. The van der Waals surface area contributed by atoms with Crippen molar-refractivity contribution >= 4 is 5.69 Å².